The number of amides is 2. The van der Waals surface area contributed by atoms with Crippen LogP contribution in [0.3, 0.4) is 0 Å². The second-order valence-corrected chi connectivity index (χ2v) is 7.62. The van der Waals surface area contributed by atoms with Gasteiger partial charge in [-0.25, -0.2) is 0 Å². The Labute approximate surface area is 155 Å². The third-order valence-corrected chi connectivity index (χ3v) is 5.87. The highest BCUT2D eigenvalue weighted by molar-refractivity contribution is 7.15. The van der Waals surface area contributed by atoms with E-state index in [4.69, 9.17) is 4.74 Å². The van der Waals surface area contributed by atoms with Crippen molar-refractivity contribution < 1.29 is 14.3 Å². The van der Waals surface area contributed by atoms with E-state index in [9.17, 15) is 9.59 Å². The summed E-state index contributed by atoms with van der Waals surface area (Å²) < 4.78 is 5.60. The number of aromatic nitrogens is 2. The number of hydrogen-bond acceptors (Lipinski definition) is 6. The summed E-state index contributed by atoms with van der Waals surface area (Å²) in [6, 6.07) is 9.37. The molecule has 3 atom stereocenters. The lowest BCUT2D eigenvalue weighted by Crippen LogP contribution is -2.29. The van der Waals surface area contributed by atoms with Crippen LogP contribution in [0.5, 0.6) is 0 Å². The molecule has 1 aromatic carbocycles. The average Bonchev–Trinajstić information content (AvgIpc) is 3.37. The van der Waals surface area contributed by atoms with E-state index in [0.717, 1.165) is 30.0 Å². The highest BCUT2D eigenvalue weighted by Crippen LogP contribution is 2.38. The second kappa shape index (κ2) is 7.13. The molecule has 2 aliphatic rings. The first-order valence-electron chi connectivity index (χ1n) is 8.70. The van der Waals surface area contributed by atoms with Gasteiger partial charge in [0.2, 0.25) is 16.9 Å². The van der Waals surface area contributed by atoms with Crippen LogP contribution in [0.4, 0.5) is 5.13 Å². The highest BCUT2D eigenvalue weighted by Gasteiger charge is 2.42. The van der Waals surface area contributed by atoms with Gasteiger partial charge in [0.15, 0.2) is 0 Å². The predicted octanol–water partition coefficient (Wildman–Crippen LogP) is 2.55. The lowest BCUT2D eigenvalue weighted by molar-refractivity contribution is -0.127. The third kappa shape index (κ3) is 3.22. The van der Waals surface area contributed by atoms with Gasteiger partial charge in [0.25, 0.3) is 0 Å². The molecule has 2 saturated heterocycles. The quantitative estimate of drug-likeness (QED) is 0.892. The Morgan fingerprint density at radius 2 is 2.12 bits per heavy atom. The maximum atomic E-state index is 12.8. The Morgan fingerprint density at radius 3 is 2.85 bits per heavy atom. The minimum atomic E-state index is -0.454. The Morgan fingerprint density at radius 1 is 1.31 bits per heavy atom. The monoisotopic (exact) mass is 372 g/mol. The van der Waals surface area contributed by atoms with Gasteiger partial charge in [-0.3, -0.25) is 9.59 Å². The predicted molar refractivity (Wildman–Crippen MR) is 96.5 cm³/mol. The van der Waals surface area contributed by atoms with Crippen LogP contribution in [-0.2, 0) is 14.3 Å². The number of ether oxygens (including phenoxy) is 1. The van der Waals surface area contributed by atoms with Crippen LogP contribution >= 0.6 is 11.3 Å². The van der Waals surface area contributed by atoms with E-state index < -0.39 is 5.92 Å². The Balaban J connectivity index is 1.50. The summed E-state index contributed by atoms with van der Waals surface area (Å²) in [7, 11) is 1.74. The van der Waals surface area contributed by atoms with E-state index in [0.29, 0.717) is 5.13 Å². The van der Waals surface area contributed by atoms with E-state index in [2.05, 4.69) is 15.5 Å². The van der Waals surface area contributed by atoms with Crippen molar-refractivity contribution in [2.75, 3.05) is 19.0 Å². The summed E-state index contributed by atoms with van der Waals surface area (Å²) in [4.78, 5) is 26.7. The second-order valence-electron chi connectivity index (χ2n) is 6.61. The Hall–Kier alpha value is -2.32. The van der Waals surface area contributed by atoms with Crippen LogP contribution in [0.1, 0.15) is 42.0 Å². The van der Waals surface area contributed by atoms with Gasteiger partial charge in [-0.2, -0.15) is 0 Å². The lowest BCUT2D eigenvalue weighted by atomic mass is 9.93. The first kappa shape index (κ1) is 17.1. The van der Waals surface area contributed by atoms with Crippen LogP contribution < -0.4 is 5.32 Å². The number of benzene rings is 1. The molecule has 7 nitrogen and oxygen atoms in total. The molecule has 0 bridgehead atoms. The molecule has 1 aromatic heterocycles. The minimum Gasteiger partial charge on any atom is -0.371 e. The van der Waals surface area contributed by atoms with Crippen LogP contribution in [-0.4, -0.2) is 40.6 Å². The lowest BCUT2D eigenvalue weighted by Gasteiger charge is -2.24. The van der Waals surface area contributed by atoms with E-state index in [1.807, 2.05) is 30.3 Å². The number of likely N-dealkylation sites (tertiary alicyclic amines) is 1. The molecule has 2 aliphatic heterocycles. The van der Waals surface area contributed by atoms with Crippen LogP contribution in [0.15, 0.2) is 30.3 Å². The number of carbonyl (C=O) groups excluding carboxylic acids is 2. The molecule has 8 heteroatoms. The standard InChI is InChI=1S/C18H20N4O3S/c1-22-14(23)10-12(15(22)11-6-3-2-4-7-11)16(24)19-18-21-20-17(26-18)13-8-5-9-25-13/h2-4,6-7,12-13,15H,5,8-10H2,1H3,(H,19,21,24). The molecular formula is C18H20N4O3S. The van der Waals surface area contributed by atoms with Crippen molar-refractivity contribution in [2.24, 2.45) is 5.92 Å². The zero-order valence-electron chi connectivity index (χ0n) is 14.4. The maximum absolute atomic E-state index is 12.8. The van der Waals surface area contributed by atoms with Crippen LogP contribution in [0.2, 0.25) is 0 Å². The highest BCUT2D eigenvalue weighted by atomic mass is 32.1. The first-order chi connectivity index (χ1) is 12.6. The number of anilines is 1. The fourth-order valence-corrected chi connectivity index (χ4v) is 4.43. The summed E-state index contributed by atoms with van der Waals surface area (Å²) in [6.07, 6.45) is 2.12. The maximum Gasteiger partial charge on any atom is 0.232 e. The van der Waals surface area contributed by atoms with Crippen molar-refractivity contribution in [2.45, 2.75) is 31.4 Å². The summed E-state index contributed by atoms with van der Waals surface area (Å²) in [5.41, 5.74) is 0.957. The van der Waals surface area contributed by atoms with Gasteiger partial charge >= 0.3 is 0 Å². The molecule has 2 aromatic rings. The topological polar surface area (TPSA) is 84.4 Å². The van der Waals surface area contributed by atoms with Crippen molar-refractivity contribution in [3.05, 3.63) is 40.9 Å². The van der Waals surface area contributed by atoms with E-state index in [1.54, 1.807) is 11.9 Å². The van der Waals surface area contributed by atoms with Crippen molar-refractivity contribution in [1.29, 1.82) is 0 Å². The zero-order valence-corrected chi connectivity index (χ0v) is 15.2. The number of nitrogens with one attached hydrogen (secondary N) is 1. The summed E-state index contributed by atoms with van der Waals surface area (Å²) >= 11 is 1.34. The Bertz CT molecular complexity index is 804. The Kier molecular flexibility index (Phi) is 4.69. The van der Waals surface area contributed by atoms with Gasteiger partial charge in [-0.15, -0.1) is 10.2 Å². The molecule has 1 N–H and O–H groups in total. The van der Waals surface area contributed by atoms with Gasteiger partial charge in [0, 0.05) is 20.1 Å². The molecule has 3 unspecified atom stereocenters. The molecular weight excluding hydrogens is 352 g/mol. The number of rotatable bonds is 4. The molecule has 136 valence electrons. The third-order valence-electron chi connectivity index (χ3n) is 4.94. The molecule has 0 saturated carbocycles. The van der Waals surface area contributed by atoms with E-state index in [1.165, 1.54) is 11.3 Å². The van der Waals surface area contributed by atoms with Gasteiger partial charge < -0.3 is 15.0 Å². The molecule has 26 heavy (non-hydrogen) atoms. The summed E-state index contributed by atoms with van der Waals surface area (Å²) in [5.74, 6) is -0.687. The van der Waals surface area contributed by atoms with Crippen LogP contribution in [0, 0.1) is 5.92 Å². The van der Waals surface area contributed by atoms with Crippen molar-refractivity contribution in [1.82, 2.24) is 15.1 Å². The number of nitrogens with zero attached hydrogens (tertiary/aromatic N) is 3. The summed E-state index contributed by atoms with van der Waals surface area (Å²) in [5, 5.41) is 12.3. The molecule has 0 spiro atoms. The molecule has 2 fully saturated rings. The summed E-state index contributed by atoms with van der Waals surface area (Å²) in [6.45, 7) is 0.737. The van der Waals surface area contributed by atoms with Crippen molar-refractivity contribution in [3.63, 3.8) is 0 Å². The van der Waals surface area contributed by atoms with E-state index in [-0.39, 0.29) is 30.4 Å². The molecule has 2 amide bonds. The van der Waals surface area contributed by atoms with Gasteiger partial charge in [0.05, 0.1) is 12.0 Å². The number of hydrogen-bond donors (Lipinski definition) is 1. The van der Waals surface area contributed by atoms with Crippen LogP contribution in [0.25, 0.3) is 0 Å². The van der Waals surface area contributed by atoms with Crippen molar-refractivity contribution >= 4 is 28.3 Å². The normalized spacial score (nSPS) is 25.7. The largest absolute Gasteiger partial charge is 0.371 e. The van der Waals surface area contributed by atoms with Gasteiger partial charge in [-0.1, -0.05) is 41.7 Å². The first-order valence-corrected chi connectivity index (χ1v) is 9.51. The zero-order chi connectivity index (χ0) is 18.1. The SMILES string of the molecule is CN1C(=O)CC(C(=O)Nc2nnc(C3CCCO3)s2)C1c1ccccc1. The van der Waals surface area contributed by atoms with Crippen molar-refractivity contribution in [3.8, 4) is 0 Å². The molecule has 3 heterocycles. The van der Waals surface area contributed by atoms with E-state index >= 15 is 0 Å². The number of carbonyl (C=O) groups is 2. The molecule has 0 radical (unpaired) electrons. The smallest absolute Gasteiger partial charge is 0.232 e. The molecule has 4 rings (SSSR count). The fraction of sp³-hybridized carbons (Fsp3) is 0.444. The fourth-order valence-electron chi connectivity index (χ4n) is 3.60. The van der Waals surface area contributed by atoms with Gasteiger partial charge in [-0.05, 0) is 18.4 Å². The average molecular weight is 372 g/mol. The molecule has 0 aliphatic carbocycles. The van der Waals surface area contributed by atoms with Gasteiger partial charge in [0.1, 0.15) is 11.1 Å². The minimum absolute atomic E-state index is 0.0191.